The molecule has 1 aliphatic heterocycles. The SMILES string of the molecule is CCOC(=O)C1=C(C)N(CC(=O)Nc2cccc(OC)c2)c2ncnn2[C@H]1c1ccccc1. The van der Waals surface area contributed by atoms with Gasteiger partial charge < -0.3 is 19.7 Å². The van der Waals surface area contributed by atoms with Crippen LogP contribution in [0.25, 0.3) is 0 Å². The number of nitrogens with one attached hydrogen (secondary N) is 1. The number of allylic oxidation sites excluding steroid dienone is 1. The summed E-state index contributed by atoms with van der Waals surface area (Å²) < 4.78 is 12.2. The predicted octanol–water partition coefficient (Wildman–Crippen LogP) is 3.17. The highest BCUT2D eigenvalue weighted by Gasteiger charge is 2.38. The predicted molar refractivity (Wildman–Crippen MR) is 123 cm³/mol. The molecule has 2 aromatic carbocycles. The summed E-state index contributed by atoms with van der Waals surface area (Å²) in [6.45, 7) is 3.72. The second kappa shape index (κ2) is 9.56. The Bertz CT molecular complexity index is 1190. The number of hydrogen-bond acceptors (Lipinski definition) is 7. The number of carbonyl (C=O) groups excluding carboxylic acids is 2. The zero-order valence-corrected chi connectivity index (χ0v) is 18.7. The maximum atomic E-state index is 13.0. The van der Waals surface area contributed by atoms with Crippen molar-refractivity contribution in [2.45, 2.75) is 19.9 Å². The number of nitrogens with zero attached hydrogens (tertiary/aromatic N) is 4. The lowest BCUT2D eigenvalue weighted by Gasteiger charge is -2.35. The molecule has 0 aliphatic carbocycles. The van der Waals surface area contributed by atoms with Gasteiger partial charge >= 0.3 is 5.97 Å². The minimum atomic E-state index is -0.513. The number of methoxy groups -OCH3 is 1. The van der Waals surface area contributed by atoms with Crippen LogP contribution in [-0.2, 0) is 14.3 Å². The molecule has 0 saturated heterocycles. The first-order chi connectivity index (χ1) is 16.0. The molecule has 1 aromatic heterocycles. The normalized spacial score (nSPS) is 15.1. The van der Waals surface area contributed by atoms with Crippen LogP contribution >= 0.6 is 0 Å². The molecule has 170 valence electrons. The summed E-state index contributed by atoms with van der Waals surface area (Å²) in [5, 5.41) is 7.24. The molecule has 0 fully saturated rings. The maximum Gasteiger partial charge on any atom is 0.338 e. The molecule has 3 aromatic rings. The van der Waals surface area contributed by atoms with Crippen molar-refractivity contribution in [2.24, 2.45) is 0 Å². The summed E-state index contributed by atoms with van der Waals surface area (Å²) in [4.78, 5) is 32.0. The second-order valence-corrected chi connectivity index (χ2v) is 7.40. The van der Waals surface area contributed by atoms with Gasteiger partial charge in [0.05, 0.1) is 19.3 Å². The third-order valence-corrected chi connectivity index (χ3v) is 5.37. The summed E-state index contributed by atoms with van der Waals surface area (Å²) in [7, 11) is 1.57. The summed E-state index contributed by atoms with van der Waals surface area (Å²) >= 11 is 0. The van der Waals surface area contributed by atoms with Gasteiger partial charge in [-0.25, -0.2) is 9.48 Å². The lowest BCUT2D eigenvalue weighted by atomic mass is 9.95. The minimum absolute atomic E-state index is 0.0633. The number of hydrogen-bond donors (Lipinski definition) is 1. The molecule has 9 nitrogen and oxygen atoms in total. The van der Waals surface area contributed by atoms with Crippen LogP contribution < -0.4 is 15.0 Å². The number of carbonyl (C=O) groups is 2. The van der Waals surface area contributed by atoms with Crippen molar-refractivity contribution in [1.29, 1.82) is 0 Å². The lowest BCUT2D eigenvalue weighted by Crippen LogP contribution is -2.40. The smallest absolute Gasteiger partial charge is 0.338 e. The van der Waals surface area contributed by atoms with Gasteiger partial charge in [-0.3, -0.25) is 4.79 Å². The van der Waals surface area contributed by atoms with Crippen molar-refractivity contribution in [3.63, 3.8) is 0 Å². The topological polar surface area (TPSA) is 98.6 Å². The van der Waals surface area contributed by atoms with Crippen molar-refractivity contribution in [3.8, 4) is 5.75 Å². The van der Waals surface area contributed by atoms with Gasteiger partial charge in [-0.2, -0.15) is 10.1 Å². The van der Waals surface area contributed by atoms with Crippen molar-refractivity contribution >= 4 is 23.5 Å². The molecule has 0 spiro atoms. The Balaban J connectivity index is 1.70. The number of benzene rings is 2. The van der Waals surface area contributed by atoms with E-state index in [4.69, 9.17) is 9.47 Å². The van der Waals surface area contributed by atoms with Gasteiger partial charge in [0, 0.05) is 17.5 Å². The van der Waals surface area contributed by atoms with E-state index in [1.807, 2.05) is 30.3 Å². The fourth-order valence-electron chi connectivity index (χ4n) is 3.88. The lowest BCUT2D eigenvalue weighted by molar-refractivity contribution is -0.139. The van der Waals surface area contributed by atoms with Crippen LogP contribution in [0.15, 0.2) is 72.2 Å². The molecule has 2 heterocycles. The fraction of sp³-hybridized carbons (Fsp3) is 0.250. The van der Waals surface area contributed by atoms with Crippen LogP contribution in [0.3, 0.4) is 0 Å². The molecular weight excluding hydrogens is 422 g/mol. The fourth-order valence-corrected chi connectivity index (χ4v) is 3.88. The van der Waals surface area contributed by atoms with Gasteiger partial charge in [-0.1, -0.05) is 36.4 Å². The number of esters is 1. The summed E-state index contributed by atoms with van der Waals surface area (Å²) in [5.74, 6) is 0.369. The maximum absolute atomic E-state index is 13.0. The van der Waals surface area contributed by atoms with E-state index < -0.39 is 12.0 Å². The molecule has 1 atom stereocenters. The second-order valence-electron chi connectivity index (χ2n) is 7.40. The Morgan fingerprint density at radius 2 is 1.91 bits per heavy atom. The van der Waals surface area contributed by atoms with E-state index in [1.54, 1.807) is 54.8 Å². The van der Waals surface area contributed by atoms with Crippen LogP contribution in [0.4, 0.5) is 11.6 Å². The first kappa shape index (κ1) is 22.1. The van der Waals surface area contributed by atoms with Crippen LogP contribution in [0, 0.1) is 0 Å². The zero-order chi connectivity index (χ0) is 23.4. The molecule has 4 rings (SSSR count). The van der Waals surface area contributed by atoms with Gasteiger partial charge in [0.15, 0.2) is 0 Å². The number of fused-ring (bicyclic) bond motifs is 1. The Morgan fingerprint density at radius 1 is 1.12 bits per heavy atom. The van der Waals surface area contributed by atoms with Crippen LogP contribution in [-0.4, -0.2) is 46.9 Å². The average Bonchev–Trinajstić information content (AvgIpc) is 3.30. The molecule has 1 N–H and O–H groups in total. The highest BCUT2D eigenvalue weighted by atomic mass is 16.5. The number of rotatable bonds is 7. The average molecular weight is 447 g/mol. The summed E-state index contributed by atoms with van der Waals surface area (Å²) in [6.07, 6.45) is 1.42. The number of ether oxygens (including phenoxy) is 2. The van der Waals surface area contributed by atoms with E-state index >= 15 is 0 Å². The number of aromatic nitrogens is 3. The van der Waals surface area contributed by atoms with E-state index in [2.05, 4.69) is 15.4 Å². The number of anilines is 2. The molecule has 0 radical (unpaired) electrons. The molecule has 0 unspecified atom stereocenters. The van der Waals surface area contributed by atoms with E-state index in [9.17, 15) is 9.59 Å². The third-order valence-electron chi connectivity index (χ3n) is 5.37. The Morgan fingerprint density at radius 3 is 2.64 bits per heavy atom. The Kier molecular flexibility index (Phi) is 6.39. The Hall–Kier alpha value is -4.14. The van der Waals surface area contributed by atoms with Crippen molar-refractivity contribution in [1.82, 2.24) is 14.8 Å². The van der Waals surface area contributed by atoms with Gasteiger partial charge in [-0.05, 0) is 31.5 Å². The molecule has 9 heteroatoms. The third kappa shape index (κ3) is 4.43. The molecule has 1 aliphatic rings. The van der Waals surface area contributed by atoms with Gasteiger partial charge in [0.2, 0.25) is 11.9 Å². The van der Waals surface area contributed by atoms with E-state index in [1.165, 1.54) is 6.33 Å². The van der Waals surface area contributed by atoms with Gasteiger partial charge in [0.1, 0.15) is 24.7 Å². The highest BCUT2D eigenvalue weighted by molar-refractivity contribution is 5.96. The van der Waals surface area contributed by atoms with Crippen molar-refractivity contribution < 1.29 is 19.1 Å². The largest absolute Gasteiger partial charge is 0.497 e. The zero-order valence-electron chi connectivity index (χ0n) is 18.7. The molecule has 1 amide bonds. The first-order valence-corrected chi connectivity index (χ1v) is 10.6. The first-order valence-electron chi connectivity index (χ1n) is 10.6. The van der Waals surface area contributed by atoms with Crippen LogP contribution in [0.2, 0.25) is 0 Å². The molecule has 0 bridgehead atoms. The molecule has 33 heavy (non-hydrogen) atoms. The van der Waals surface area contributed by atoms with Gasteiger partial charge in [-0.15, -0.1) is 0 Å². The van der Waals surface area contributed by atoms with Crippen molar-refractivity contribution in [2.75, 3.05) is 30.5 Å². The summed E-state index contributed by atoms with van der Waals surface area (Å²) in [5.41, 5.74) is 2.47. The van der Waals surface area contributed by atoms with Crippen molar-refractivity contribution in [3.05, 3.63) is 77.8 Å². The summed E-state index contributed by atoms with van der Waals surface area (Å²) in [6, 6.07) is 16.1. The number of amides is 1. The quantitative estimate of drug-likeness (QED) is 0.556. The Labute approximate surface area is 191 Å². The van der Waals surface area contributed by atoms with E-state index in [0.29, 0.717) is 28.7 Å². The monoisotopic (exact) mass is 447 g/mol. The minimum Gasteiger partial charge on any atom is -0.497 e. The van der Waals surface area contributed by atoms with E-state index in [0.717, 1.165) is 5.56 Å². The molecule has 0 saturated carbocycles. The molecular formula is C24H25N5O4. The standard InChI is InChI=1S/C24H25N5O4/c1-4-33-23(31)21-16(2)28(14-20(30)27-18-11-8-12-19(13-18)32-3)24-25-15-26-29(24)22(21)17-9-6-5-7-10-17/h5-13,15,22H,4,14H2,1-3H3,(H,27,30)/t22-/m0/s1. The van der Waals surface area contributed by atoms with Crippen LogP contribution in [0.5, 0.6) is 5.75 Å². The van der Waals surface area contributed by atoms with Gasteiger partial charge in [0.25, 0.3) is 0 Å². The van der Waals surface area contributed by atoms with E-state index in [-0.39, 0.29) is 19.1 Å². The highest BCUT2D eigenvalue weighted by Crippen LogP contribution is 2.38. The van der Waals surface area contributed by atoms with Crippen LogP contribution in [0.1, 0.15) is 25.5 Å².